The van der Waals surface area contributed by atoms with E-state index in [2.05, 4.69) is 20.6 Å². The van der Waals surface area contributed by atoms with E-state index in [1.165, 1.54) is 0 Å². The number of nitrogens with two attached hydrogens (primary N) is 1. The Morgan fingerprint density at radius 1 is 1.32 bits per heavy atom. The summed E-state index contributed by atoms with van der Waals surface area (Å²) in [4.78, 5) is 14.5. The highest BCUT2D eigenvalue weighted by Gasteiger charge is 2.13. The molecule has 19 heavy (non-hydrogen) atoms. The first-order chi connectivity index (χ1) is 9.20. The highest BCUT2D eigenvalue weighted by atomic mass is 16.1. The van der Waals surface area contributed by atoms with Crippen molar-refractivity contribution in [2.45, 2.75) is 0 Å². The Balaban J connectivity index is 2.28. The molecule has 0 aliphatic carbocycles. The smallest absolute Gasteiger partial charge is 0.279 e. The van der Waals surface area contributed by atoms with E-state index in [1.54, 1.807) is 0 Å². The molecule has 2 heterocycles. The fraction of sp³-hybridized carbons (Fsp3) is 0.0833. The fourth-order valence-corrected chi connectivity index (χ4v) is 2.11. The molecule has 0 radical (unpaired) electrons. The number of anilines is 1. The van der Waals surface area contributed by atoms with E-state index in [9.17, 15) is 4.79 Å². The van der Waals surface area contributed by atoms with Gasteiger partial charge in [-0.05, 0) is 6.07 Å². The lowest BCUT2D eigenvalue weighted by molar-refractivity contribution is 0.939. The van der Waals surface area contributed by atoms with Crippen LogP contribution in [0.4, 0.5) is 5.95 Å². The number of aromatic nitrogens is 4. The lowest BCUT2D eigenvalue weighted by Gasteiger charge is -1.99. The van der Waals surface area contributed by atoms with E-state index in [4.69, 9.17) is 5.84 Å². The van der Waals surface area contributed by atoms with E-state index in [-0.39, 0.29) is 17.2 Å². The van der Waals surface area contributed by atoms with Gasteiger partial charge in [-0.25, -0.2) is 5.84 Å². The molecule has 0 aliphatic rings. The molecule has 3 aromatic rings. The van der Waals surface area contributed by atoms with Crippen LogP contribution in [0.1, 0.15) is 0 Å². The first-order valence-corrected chi connectivity index (χ1v) is 5.69. The largest absolute Gasteiger partial charge is 0.350 e. The standard InChI is InChI=1S/C12H12N6O/c1-18-6-8(7-4-2-3-5-9(7)18)10-11(19)14-12(15-13)17-16-10/h2-6H,13H2,1H3,(H2,14,15,17,19). The molecule has 0 amide bonds. The molecule has 0 unspecified atom stereocenters. The molecule has 96 valence electrons. The summed E-state index contributed by atoms with van der Waals surface area (Å²) in [5.74, 6) is 5.31. The number of aromatic amines is 1. The van der Waals surface area contributed by atoms with Gasteiger partial charge in [-0.2, -0.15) is 0 Å². The monoisotopic (exact) mass is 256 g/mol. The molecule has 7 nitrogen and oxygen atoms in total. The molecule has 0 saturated carbocycles. The molecule has 0 bridgehead atoms. The Hall–Kier alpha value is -2.67. The molecule has 3 rings (SSSR count). The Labute approximate surface area is 108 Å². The number of aryl methyl sites for hydroxylation is 1. The van der Waals surface area contributed by atoms with Gasteiger partial charge in [0.05, 0.1) is 0 Å². The molecule has 4 N–H and O–H groups in total. The van der Waals surface area contributed by atoms with Crippen LogP contribution in [-0.2, 0) is 7.05 Å². The topological polar surface area (TPSA) is 102 Å². The highest BCUT2D eigenvalue weighted by Crippen LogP contribution is 2.26. The predicted molar refractivity (Wildman–Crippen MR) is 72.4 cm³/mol. The number of rotatable bonds is 2. The van der Waals surface area contributed by atoms with E-state index in [0.29, 0.717) is 0 Å². The molecule has 0 spiro atoms. The second-order valence-corrected chi connectivity index (χ2v) is 4.17. The predicted octanol–water partition coefficient (Wildman–Crippen LogP) is 0.609. The summed E-state index contributed by atoms with van der Waals surface area (Å²) in [7, 11) is 1.92. The second-order valence-electron chi connectivity index (χ2n) is 4.17. The van der Waals surface area contributed by atoms with Crippen LogP contribution in [0.2, 0.25) is 0 Å². The summed E-state index contributed by atoms with van der Waals surface area (Å²) >= 11 is 0. The first kappa shape index (κ1) is 11.4. The summed E-state index contributed by atoms with van der Waals surface area (Å²) < 4.78 is 1.95. The van der Waals surface area contributed by atoms with Crippen LogP contribution < -0.4 is 16.8 Å². The lowest BCUT2D eigenvalue weighted by Crippen LogP contribution is -2.19. The Bertz CT molecular complexity index is 803. The number of hydrazine groups is 1. The van der Waals surface area contributed by atoms with Crippen LogP contribution in [0.3, 0.4) is 0 Å². The van der Waals surface area contributed by atoms with E-state index in [1.807, 2.05) is 42.1 Å². The zero-order valence-corrected chi connectivity index (χ0v) is 10.2. The van der Waals surface area contributed by atoms with Gasteiger partial charge in [0.2, 0.25) is 5.95 Å². The van der Waals surface area contributed by atoms with Crippen molar-refractivity contribution in [2.24, 2.45) is 12.9 Å². The van der Waals surface area contributed by atoms with Crippen LogP contribution >= 0.6 is 0 Å². The molecular formula is C12H12N6O. The third kappa shape index (κ3) is 1.76. The van der Waals surface area contributed by atoms with Crippen LogP contribution in [0.5, 0.6) is 0 Å². The van der Waals surface area contributed by atoms with Crippen molar-refractivity contribution < 1.29 is 0 Å². The van der Waals surface area contributed by atoms with Gasteiger partial charge in [-0.15, -0.1) is 10.2 Å². The average Bonchev–Trinajstić information content (AvgIpc) is 2.76. The van der Waals surface area contributed by atoms with Crippen LogP contribution in [-0.4, -0.2) is 19.7 Å². The zero-order chi connectivity index (χ0) is 13.4. The molecule has 7 heteroatoms. The number of H-pyrrole nitrogens is 1. The zero-order valence-electron chi connectivity index (χ0n) is 10.2. The highest BCUT2D eigenvalue weighted by molar-refractivity contribution is 5.94. The van der Waals surface area contributed by atoms with Crippen molar-refractivity contribution in [1.82, 2.24) is 19.7 Å². The maximum Gasteiger partial charge on any atom is 0.279 e. The van der Waals surface area contributed by atoms with E-state index >= 15 is 0 Å². The normalized spacial score (nSPS) is 10.8. The molecule has 0 aliphatic heterocycles. The molecule has 1 aromatic carbocycles. The van der Waals surface area contributed by atoms with Gasteiger partial charge in [-0.1, -0.05) is 18.2 Å². The van der Waals surface area contributed by atoms with Gasteiger partial charge >= 0.3 is 0 Å². The molecule has 2 aromatic heterocycles. The van der Waals surface area contributed by atoms with Gasteiger partial charge in [-0.3, -0.25) is 15.2 Å². The van der Waals surface area contributed by atoms with Crippen LogP contribution in [0.15, 0.2) is 35.3 Å². The molecule has 0 fully saturated rings. The number of hydrogen-bond donors (Lipinski definition) is 3. The maximum absolute atomic E-state index is 12.0. The summed E-state index contributed by atoms with van der Waals surface area (Å²) in [5.41, 5.74) is 3.97. The number of para-hydroxylation sites is 1. The molecular weight excluding hydrogens is 244 g/mol. The quantitative estimate of drug-likeness (QED) is 0.460. The number of fused-ring (bicyclic) bond motifs is 1. The minimum absolute atomic E-state index is 0.133. The van der Waals surface area contributed by atoms with Crippen molar-refractivity contribution in [2.75, 3.05) is 5.43 Å². The third-order valence-corrected chi connectivity index (χ3v) is 2.99. The minimum atomic E-state index is -0.334. The van der Waals surface area contributed by atoms with Crippen molar-refractivity contribution in [1.29, 1.82) is 0 Å². The van der Waals surface area contributed by atoms with Crippen LogP contribution in [0, 0.1) is 0 Å². The number of hydrogen-bond acceptors (Lipinski definition) is 5. The maximum atomic E-state index is 12.0. The van der Waals surface area contributed by atoms with Crippen molar-refractivity contribution >= 4 is 16.9 Å². The van der Waals surface area contributed by atoms with Crippen LogP contribution in [0.25, 0.3) is 22.2 Å². The van der Waals surface area contributed by atoms with Gasteiger partial charge in [0.1, 0.15) is 0 Å². The summed E-state index contributed by atoms with van der Waals surface area (Å²) in [6.07, 6.45) is 1.86. The number of benzene rings is 1. The first-order valence-electron chi connectivity index (χ1n) is 5.69. The van der Waals surface area contributed by atoms with Gasteiger partial charge in [0, 0.05) is 29.7 Å². The average molecular weight is 256 g/mol. The van der Waals surface area contributed by atoms with Gasteiger partial charge in [0.15, 0.2) is 5.69 Å². The van der Waals surface area contributed by atoms with E-state index in [0.717, 1.165) is 16.5 Å². The minimum Gasteiger partial charge on any atom is -0.350 e. The Morgan fingerprint density at radius 2 is 2.11 bits per heavy atom. The van der Waals surface area contributed by atoms with Crippen molar-refractivity contribution in [3.05, 3.63) is 40.8 Å². The van der Waals surface area contributed by atoms with Gasteiger partial charge in [0.25, 0.3) is 5.56 Å². The number of nitrogens with zero attached hydrogens (tertiary/aromatic N) is 3. The number of nitrogens with one attached hydrogen (secondary N) is 2. The summed E-state index contributed by atoms with van der Waals surface area (Å²) in [5, 5.41) is 8.69. The molecule has 0 saturated heterocycles. The summed E-state index contributed by atoms with van der Waals surface area (Å²) in [6, 6.07) is 7.80. The second kappa shape index (κ2) is 4.21. The Morgan fingerprint density at radius 3 is 2.84 bits per heavy atom. The van der Waals surface area contributed by atoms with Crippen molar-refractivity contribution in [3.8, 4) is 11.3 Å². The third-order valence-electron chi connectivity index (χ3n) is 2.99. The van der Waals surface area contributed by atoms with E-state index < -0.39 is 0 Å². The number of nitrogen functional groups attached to an aromatic ring is 1. The fourth-order valence-electron chi connectivity index (χ4n) is 2.11. The Kier molecular flexibility index (Phi) is 2.53. The lowest BCUT2D eigenvalue weighted by atomic mass is 10.1. The molecule has 0 atom stereocenters. The summed E-state index contributed by atoms with van der Waals surface area (Å²) in [6.45, 7) is 0. The SMILES string of the molecule is Cn1cc(-c2nnc(NN)[nH]c2=O)c2ccccc21. The van der Waals surface area contributed by atoms with Gasteiger partial charge < -0.3 is 4.57 Å². The van der Waals surface area contributed by atoms with Crippen molar-refractivity contribution in [3.63, 3.8) is 0 Å².